The minimum Gasteiger partial charge on any atom is -0.445 e. The van der Waals surface area contributed by atoms with Crippen LogP contribution in [0.2, 0.25) is 0 Å². The zero-order chi connectivity index (χ0) is 33.1. The van der Waals surface area contributed by atoms with E-state index in [4.69, 9.17) is 9.47 Å². The fraction of sp³-hybridized carbons (Fsp3) is 0.424. The summed E-state index contributed by atoms with van der Waals surface area (Å²) >= 11 is 1.25. The van der Waals surface area contributed by atoms with E-state index in [1.165, 1.54) is 11.3 Å². The van der Waals surface area contributed by atoms with Gasteiger partial charge in [0.1, 0.15) is 12.6 Å². The van der Waals surface area contributed by atoms with Crippen LogP contribution >= 0.6 is 11.3 Å². The van der Waals surface area contributed by atoms with Crippen LogP contribution in [0.4, 0.5) is 9.93 Å². The first-order chi connectivity index (χ1) is 22.3. The van der Waals surface area contributed by atoms with Crippen LogP contribution in [0.1, 0.15) is 50.7 Å². The predicted octanol–water partition coefficient (Wildman–Crippen LogP) is 4.76. The molecule has 0 aliphatic carbocycles. The van der Waals surface area contributed by atoms with Gasteiger partial charge in [0.15, 0.2) is 5.13 Å². The minimum absolute atomic E-state index is 0.0303. The molecule has 0 spiro atoms. The third kappa shape index (κ3) is 13.0. The van der Waals surface area contributed by atoms with Crippen LogP contribution in [0.15, 0.2) is 72.2 Å². The molecule has 13 heteroatoms. The van der Waals surface area contributed by atoms with Gasteiger partial charge in [0.05, 0.1) is 25.2 Å². The van der Waals surface area contributed by atoms with Crippen LogP contribution in [0, 0.1) is 11.8 Å². The quantitative estimate of drug-likeness (QED) is 0.0588. The summed E-state index contributed by atoms with van der Waals surface area (Å²) in [6.45, 7) is 4.45. The molecule has 0 aliphatic rings. The maximum absolute atomic E-state index is 13.8. The highest BCUT2D eigenvalue weighted by Crippen LogP contribution is 2.21. The molecule has 4 N–H and O–H groups in total. The number of unbranched alkanes of at least 4 members (excludes halogenated alkanes) is 1. The summed E-state index contributed by atoms with van der Waals surface area (Å²) in [4.78, 5) is 54.9. The number of amides is 4. The van der Waals surface area contributed by atoms with Gasteiger partial charge < -0.3 is 25.4 Å². The highest BCUT2D eigenvalue weighted by atomic mass is 32.1. The standard InChI is InChI=1S/C33H43N5O7S/c1-24(2)19-27(29(38(43)23-39)22-44-20-25-11-5-3-6-12-25)30(40)36-28(31(41)37-32-34-17-18-46-32)15-9-10-16-35-33(42)45-21-26-13-7-4-8-14-26/h3-8,11-14,17-18,23-24,27-29,43H,9-10,15-16,19-22H2,1-2H3,(H,35,42)(H,36,40)(H,34,37,41)/t27-,28+,29+/m1/s1. The highest BCUT2D eigenvalue weighted by molar-refractivity contribution is 7.13. The second kappa shape index (κ2) is 19.9. The number of hydrogen-bond acceptors (Lipinski definition) is 9. The van der Waals surface area contributed by atoms with Gasteiger partial charge in [-0.1, -0.05) is 74.5 Å². The molecular formula is C33H43N5O7S. The van der Waals surface area contributed by atoms with Crippen molar-refractivity contribution in [3.63, 3.8) is 0 Å². The second-order valence-corrected chi connectivity index (χ2v) is 12.1. The lowest BCUT2D eigenvalue weighted by atomic mass is 9.89. The summed E-state index contributed by atoms with van der Waals surface area (Å²) in [5.41, 5.74) is 1.78. The average molecular weight is 654 g/mol. The molecule has 0 fully saturated rings. The first kappa shape index (κ1) is 36.1. The number of anilines is 1. The maximum Gasteiger partial charge on any atom is 0.407 e. The number of hydroxylamine groups is 2. The van der Waals surface area contributed by atoms with Crippen LogP contribution in [0.5, 0.6) is 0 Å². The molecule has 4 amide bonds. The van der Waals surface area contributed by atoms with Crippen molar-refractivity contribution < 1.29 is 33.9 Å². The van der Waals surface area contributed by atoms with Gasteiger partial charge in [-0.15, -0.1) is 11.3 Å². The Balaban J connectivity index is 1.61. The molecule has 0 unspecified atom stereocenters. The summed E-state index contributed by atoms with van der Waals surface area (Å²) in [7, 11) is 0. The van der Waals surface area contributed by atoms with Crippen LogP contribution in [0.25, 0.3) is 0 Å². The molecule has 248 valence electrons. The van der Waals surface area contributed by atoms with Gasteiger partial charge in [0.2, 0.25) is 18.2 Å². The topological polar surface area (TPSA) is 159 Å². The lowest BCUT2D eigenvalue weighted by molar-refractivity contribution is -0.176. The van der Waals surface area contributed by atoms with Gasteiger partial charge in [-0.3, -0.25) is 19.6 Å². The summed E-state index contributed by atoms with van der Waals surface area (Å²) in [6, 6.07) is 16.8. The van der Waals surface area contributed by atoms with Crippen LogP contribution < -0.4 is 16.0 Å². The number of nitrogens with one attached hydrogen (secondary N) is 3. The number of thiazole rings is 1. The van der Waals surface area contributed by atoms with Gasteiger partial charge in [-0.05, 0) is 42.7 Å². The lowest BCUT2D eigenvalue weighted by Gasteiger charge is -2.32. The molecule has 12 nitrogen and oxygen atoms in total. The van der Waals surface area contributed by atoms with Gasteiger partial charge >= 0.3 is 6.09 Å². The number of carbonyl (C=O) groups excluding carboxylic acids is 4. The van der Waals surface area contributed by atoms with Crippen molar-refractivity contribution in [1.82, 2.24) is 20.7 Å². The molecule has 1 aromatic heterocycles. The van der Waals surface area contributed by atoms with E-state index in [-0.39, 0.29) is 38.6 Å². The molecule has 3 rings (SSSR count). The summed E-state index contributed by atoms with van der Waals surface area (Å²) in [5, 5.41) is 21.3. The van der Waals surface area contributed by atoms with Gasteiger partial charge in [0, 0.05) is 18.1 Å². The summed E-state index contributed by atoms with van der Waals surface area (Å²) < 4.78 is 11.1. The first-order valence-electron chi connectivity index (χ1n) is 15.3. The normalized spacial score (nSPS) is 12.9. The van der Waals surface area contributed by atoms with E-state index in [0.29, 0.717) is 36.0 Å². The molecule has 3 atom stereocenters. The Morgan fingerprint density at radius 1 is 0.978 bits per heavy atom. The van der Waals surface area contributed by atoms with Crippen LogP contribution in [0.3, 0.4) is 0 Å². The van der Waals surface area contributed by atoms with E-state index >= 15 is 0 Å². The predicted molar refractivity (Wildman–Crippen MR) is 174 cm³/mol. The fourth-order valence-corrected chi connectivity index (χ4v) is 5.27. The number of ether oxygens (including phenoxy) is 2. The van der Waals surface area contributed by atoms with Crippen molar-refractivity contribution in [2.24, 2.45) is 11.8 Å². The molecule has 3 aromatic rings. The fourth-order valence-electron chi connectivity index (χ4n) is 4.74. The number of rotatable bonds is 20. The Labute approximate surface area is 273 Å². The van der Waals surface area contributed by atoms with Gasteiger partial charge in [-0.25, -0.2) is 14.8 Å². The summed E-state index contributed by atoms with van der Waals surface area (Å²) in [6.07, 6.45) is 2.88. The van der Waals surface area contributed by atoms with Crippen molar-refractivity contribution in [3.8, 4) is 0 Å². The van der Waals surface area contributed by atoms with Gasteiger partial charge in [-0.2, -0.15) is 0 Å². The number of nitrogens with zero attached hydrogens (tertiary/aromatic N) is 2. The van der Waals surface area contributed by atoms with Crippen LogP contribution in [-0.2, 0) is 37.1 Å². The number of carbonyl (C=O) groups is 4. The Morgan fingerprint density at radius 3 is 2.26 bits per heavy atom. The zero-order valence-electron chi connectivity index (χ0n) is 26.2. The molecular weight excluding hydrogens is 610 g/mol. The van der Waals surface area contributed by atoms with Crippen molar-refractivity contribution in [3.05, 3.63) is 83.4 Å². The lowest BCUT2D eigenvalue weighted by Crippen LogP contribution is -2.52. The molecule has 0 saturated heterocycles. The van der Waals surface area contributed by atoms with E-state index in [1.54, 1.807) is 11.6 Å². The van der Waals surface area contributed by atoms with E-state index in [1.807, 2.05) is 74.5 Å². The molecule has 0 aliphatic heterocycles. The largest absolute Gasteiger partial charge is 0.445 e. The summed E-state index contributed by atoms with van der Waals surface area (Å²) in [5.74, 6) is -1.79. The SMILES string of the molecule is CC(C)C[C@@H](C(=O)N[C@@H](CCCCNC(=O)OCc1ccccc1)C(=O)Nc1nccs1)[C@H](COCc1ccccc1)N(O)C=O. The Bertz CT molecular complexity index is 1330. The molecule has 0 saturated carbocycles. The van der Waals surface area contributed by atoms with Crippen molar-refractivity contribution in [2.45, 2.75) is 64.8 Å². The Hall–Kier alpha value is -4.33. The number of aromatic nitrogens is 1. The van der Waals surface area contributed by atoms with E-state index in [9.17, 15) is 24.4 Å². The van der Waals surface area contributed by atoms with Crippen molar-refractivity contribution in [2.75, 3.05) is 18.5 Å². The zero-order valence-corrected chi connectivity index (χ0v) is 27.0. The molecule has 1 heterocycles. The Morgan fingerprint density at radius 2 is 1.65 bits per heavy atom. The molecule has 0 bridgehead atoms. The maximum atomic E-state index is 13.8. The van der Waals surface area contributed by atoms with E-state index in [0.717, 1.165) is 11.1 Å². The Kier molecular flexibility index (Phi) is 15.7. The van der Waals surface area contributed by atoms with E-state index < -0.39 is 35.9 Å². The highest BCUT2D eigenvalue weighted by Gasteiger charge is 2.35. The minimum atomic E-state index is -0.989. The number of hydrogen-bond donors (Lipinski definition) is 4. The number of benzene rings is 2. The molecule has 46 heavy (non-hydrogen) atoms. The van der Waals surface area contributed by atoms with E-state index in [2.05, 4.69) is 20.9 Å². The van der Waals surface area contributed by atoms with Crippen molar-refractivity contribution in [1.29, 1.82) is 0 Å². The smallest absolute Gasteiger partial charge is 0.407 e. The van der Waals surface area contributed by atoms with Crippen molar-refractivity contribution >= 4 is 40.8 Å². The molecule has 0 radical (unpaired) electrons. The average Bonchev–Trinajstić information content (AvgIpc) is 3.57. The number of alkyl carbamates (subject to hydrolysis) is 1. The third-order valence-corrected chi connectivity index (χ3v) is 7.76. The first-order valence-corrected chi connectivity index (χ1v) is 16.1. The van der Waals surface area contributed by atoms with Crippen LogP contribution in [-0.4, -0.2) is 64.8 Å². The monoisotopic (exact) mass is 653 g/mol. The molecule has 2 aromatic carbocycles. The van der Waals surface area contributed by atoms with Gasteiger partial charge in [0.25, 0.3) is 0 Å². The second-order valence-electron chi connectivity index (χ2n) is 11.2. The third-order valence-electron chi connectivity index (χ3n) is 7.07.